The zero-order valence-electron chi connectivity index (χ0n) is 11.3. The van der Waals surface area contributed by atoms with Crippen molar-refractivity contribution in [1.82, 2.24) is 15.0 Å². The second-order valence-corrected chi connectivity index (χ2v) is 5.05. The van der Waals surface area contributed by atoms with E-state index in [0.717, 1.165) is 35.4 Å². The minimum atomic E-state index is 0.810. The zero-order valence-corrected chi connectivity index (χ0v) is 11.3. The Kier molecular flexibility index (Phi) is 3.03. The Morgan fingerprint density at radius 1 is 1.00 bits per heavy atom. The van der Waals surface area contributed by atoms with Crippen LogP contribution in [0.4, 0.5) is 0 Å². The number of aromatic nitrogens is 3. The van der Waals surface area contributed by atoms with Crippen LogP contribution in [0.25, 0.3) is 11.2 Å². The maximum Gasteiger partial charge on any atom is 0.177 e. The molecule has 0 aliphatic carbocycles. The van der Waals surface area contributed by atoms with E-state index in [1.165, 1.54) is 11.1 Å². The third-order valence-electron chi connectivity index (χ3n) is 3.29. The van der Waals surface area contributed by atoms with E-state index in [1.54, 1.807) is 0 Å². The fraction of sp³-hybridized carbons (Fsp3) is 0.250. The van der Waals surface area contributed by atoms with Crippen molar-refractivity contribution in [3.05, 3.63) is 59.0 Å². The van der Waals surface area contributed by atoms with Crippen molar-refractivity contribution in [1.29, 1.82) is 0 Å². The van der Waals surface area contributed by atoms with Crippen molar-refractivity contribution >= 4 is 11.2 Å². The summed E-state index contributed by atoms with van der Waals surface area (Å²) >= 11 is 0. The highest BCUT2D eigenvalue weighted by Gasteiger charge is 2.04. The van der Waals surface area contributed by atoms with Gasteiger partial charge in [-0.15, -0.1) is 0 Å². The molecule has 1 aromatic carbocycles. The predicted octanol–water partition coefficient (Wildman–Crippen LogP) is 3.36. The van der Waals surface area contributed by atoms with Gasteiger partial charge in [0.05, 0.1) is 5.52 Å². The fourth-order valence-electron chi connectivity index (χ4n) is 2.19. The maximum absolute atomic E-state index is 4.52. The summed E-state index contributed by atoms with van der Waals surface area (Å²) in [5.74, 6) is 1.01. The minimum Gasteiger partial charge on any atom is -0.341 e. The number of nitrogens with zero attached hydrogens (tertiary/aromatic N) is 2. The number of rotatable bonds is 3. The summed E-state index contributed by atoms with van der Waals surface area (Å²) < 4.78 is 0. The Balaban J connectivity index is 1.76. The molecule has 0 saturated carbocycles. The molecule has 3 rings (SSSR count). The topological polar surface area (TPSA) is 41.6 Å². The van der Waals surface area contributed by atoms with Gasteiger partial charge in [0.1, 0.15) is 5.82 Å². The lowest BCUT2D eigenvalue weighted by molar-refractivity contribution is 0.888. The second-order valence-electron chi connectivity index (χ2n) is 5.05. The molecule has 2 aromatic heterocycles. The highest BCUT2D eigenvalue weighted by atomic mass is 15.0. The molecule has 0 unspecified atom stereocenters. The van der Waals surface area contributed by atoms with E-state index in [9.17, 15) is 0 Å². The molecule has 0 radical (unpaired) electrons. The van der Waals surface area contributed by atoms with Crippen molar-refractivity contribution in [2.45, 2.75) is 26.7 Å². The first-order valence-electron chi connectivity index (χ1n) is 6.57. The van der Waals surface area contributed by atoms with E-state index in [0.29, 0.717) is 0 Å². The number of fused-ring (bicyclic) bond motifs is 1. The van der Waals surface area contributed by atoms with Crippen LogP contribution in [0.5, 0.6) is 0 Å². The summed E-state index contributed by atoms with van der Waals surface area (Å²) in [5.41, 5.74) is 5.63. The third kappa shape index (κ3) is 2.65. The van der Waals surface area contributed by atoms with Crippen LogP contribution in [0.2, 0.25) is 0 Å². The lowest BCUT2D eigenvalue weighted by atomic mass is 10.1. The van der Waals surface area contributed by atoms with Crippen LogP contribution < -0.4 is 0 Å². The Labute approximate surface area is 112 Å². The van der Waals surface area contributed by atoms with Crippen LogP contribution >= 0.6 is 0 Å². The monoisotopic (exact) mass is 251 g/mol. The molecule has 0 atom stereocenters. The van der Waals surface area contributed by atoms with Gasteiger partial charge in [-0.3, -0.25) is 0 Å². The number of H-pyrrole nitrogens is 1. The Morgan fingerprint density at radius 2 is 1.79 bits per heavy atom. The molecule has 19 heavy (non-hydrogen) atoms. The molecule has 0 bridgehead atoms. The first-order chi connectivity index (χ1) is 9.20. The zero-order chi connectivity index (χ0) is 13.2. The highest BCUT2D eigenvalue weighted by Crippen LogP contribution is 2.12. The van der Waals surface area contributed by atoms with Crippen molar-refractivity contribution in [3.63, 3.8) is 0 Å². The van der Waals surface area contributed by atoms with Gasteiger partial charge in [0.25, 0.3) is 0 Å². The number of imidazole rings is 1. The molecule has 0 aliphatic heterocycles. The molecule has 3 nitrogen and oxygen atoms in total. The summed E-state index contributed by atoms with van der Waals surface area (Å²) in [6.45, 7) is 4.15. The Morgan fingerprint density at radius 3 is 2.58 bits per heavy atom. The van der Waals surface area contributed by atoms with E-state index in [1.807, 2.05) is 13.1 Å². The maximum atomic E-state index is 4.52. The Bertz CT molecular complexity index is 696. The second kappa shape index (κ2) is 4.84. The lowest BCUT2D eigenvalue weighted by Crippen LogP contribution is -1.93. The average molecular weight is 251 g/mol. The van der Waals surface area contributed by atoms with E-state index >= 15 is 0 Å². The highest BCUT2D eigenvalue weighted by molar-refractivity contribution is 5.70. The lowest BCUT2D eigenvalue weighted by Gasteiger charge is -1.99. The SMILES string of the molecule is Cc1ccc(CCc2nc3ncc(C)cc3[nH]2)cc1. The molecule has 0 fully saturated rings. The predicted molar refractivity (Wildman–Crippen MR) is 77.2 cm³/mol. The fourth-order valence-corrected chi connectivity index (χ4v) is 2.19. The molecule has 3 heteroatoms. The minimum absolute atomic E-state index is 0.810. The molecule has 2 heterocycles. The number of aryl methyl sites for hydroxylation is 4. The molecule has 96 valence electrons. The molecule has 0 aliphatic rings. The molecule has 0 saturated heterocycles. The first kappa shape index (κ1) is 11.9. The molecule has 0 spiro atoms. The van der Waals surface area contributed by atoms with Crippen LogP contribution in [0, 0.1) is 13.8 Å². The number of nitrogens with one attached hydrogen (secondary N) is 1. The van der Waals surface area contributed by atoms with Crippen molar-refractivity contribution in [2.24, 2.45) is 0 Å². The number of pyridine rings is 1. The van der Waals surface area contributed by atoms with E-state index < -0.39 is 0 Å². The van der Waals surface area contributed by atoms with Crippen LogP contribution in [0.1, 0.15) is 22.5 Å². The molecule has 0 amide bonds. The van der Waals surface area contributed by atoms with E-state index in [4.69, 9.17) is 0 Å². The van der Waals surface area contributed by atoms with Crippen molar-refractivity contribution < 1.29 is 0 Å². The normalized spacial score (nSPS) is 11.1. The van der Waals surface area contributed by atoms with Gasteiger partial charge >= 0.3 is 0 Å². The summed E-state index contributed by atoms with van der Waals surface area (Å²) in [5, 5.41) is 0. The smallest absolute Gasteiger partial charge is 0.177 e. The standard InChI is InChI=1S/C16H17N3/c1-11-3-5-13(6-4-11)7-8-15-18-14-9-12(2)10-17-16(14)19-15/h3-6,9-10H,7-8H2,1-2H3,(H,17,18,19). The van der Waals surface area contributed by atoms with Gasteiger partial charge in [0.2, 0.25) is 0 Å². The largest absolute Gasteiger partial charge is 0.341 e. The van der Waals surface area contributed by atoms with Gasteiger partial charge in [0.15, 0.2) is 5.65 Å². The van der Waals surface area contributed by atoms with Crippen LogP contribution in [0.15, 0.2) is 36.5 Å². The van der Waals surface area contributed by atoms with Crippen LogP contribution in [-0.2, 0) is 12.8 Å². The van der Waals surface area contributed by atoms with Gasteiger partial charge in [-0.25, -0.2) is 9.97 Å². The van der Waals surface area contributed by atoms with Gasteiger partial charge in [0, 0.05) is 12.6 Å². The average Bonchev–Trinajstić information content (AvgIpc) is 2.80. The third-order valence-corrected chi connectivity index (χ3v) is 3.29. The number of benzene rings is 1. The number of aromatic amines is 1. The van der Waals surface area contributed by atoms with Crippen LogP contribution in [-0.4, -0.2) is 15.0 Å². The molecule has 1 N–H and O–H groups in total. The Hall–Kier alpha value is -2.16. The van der Waals surface area contributed by atoms with Gasteiger partial charge in [-0.05, 0) is 37.5 Å². The van der Waals surface area contributed by atoms with Crippen LogP contribution in [0.3, 0.4) is 0 Å². The van der Waals surface area contributed by atoms with E-state index in [-0.39, 0.29) is 0 Å². The summed E-state index contributed by atoms with van der Waals surface area (Å²) in [6.07, 6.45) is 3.77. The van der Waals surface area contributed by atoms with Gasteiger partial charge in [-0.1, -0.05) is 29.8 Å². The van der Waals surface area contributed by atoms with Gasteiger partial charge in [-0.2, -0.15) is 0 Å². The summed E-state index contributed by atoms with van der Waals surface area (Å²) in [6, 6.07) is 10.8. The molecular weight excluding hydrogens is 234 g/mol. The van der Waals surface area contributed by atoms with Crippen molar-refractivity contribution in [2.75, 3.05) is 0 Å². The quantitative estimate of drug-likeness (QED) is 0.775. The number of hydrogen-bond acceptors (Lipinski definition) is 2. The van der Waals surface area contributed by atoms with Gasteiger partial charge < -0.3 is 4.98 Å². The number of hydrogen-bond donors (Lipinski definition) is 1. The molecular formula is C16H17N3. The summed E-state index contributed by atoms with van der Waals surface area (Å²) in [7, 11) is 0. The van der Waals surface area contributed by atoms with Crippen molar-refractivity contribution in [3.8, 4) is 0 Å². The van der Waals surface area contributed by atoms with E-state index in [2.05, 4.69) is 52.2 Å². The first-order valence-corrected chi connectivity index (χ1v) is 6.57. The summed E-state index contributed by atoms with van der Waals surface area (Å²) in [4.78, 5) is 12.2. The molecule has 3 aromatic rings.